The summed E-state index contributed by atoms with van der Waals surface area (Å²) in [7, 11) is 0. The van der Waals surface area contributed by atoms with Gasteiger partial charge in [0.1, 0.15) is 0 Å². The molecule has 0 bridgehead atoms. The Balaban J connectivity index is 1.84. The predicted octanol–water partition coefficient (Wildman–Crippen LogP) is 4.32. The van der Waals surface area contributed by atoms with E-state index in [1.54, 1.807) is 11.8 Å². The minimum absolute atomic E-state index is 0.948. The zero-order valence-corrected chi connectivity index (χ0v) is 11.9. The average molecular weight is 262 g/mol. The molecule has 98 valence electrons. The lowest BCUT2D eigenvalue weighted by Crippen LogP contribution is -2.05. The van der Waals surface area contributed by atoms with E-state index in [0.717, 1.165) is 17.5 Å². The van der Waals surface area contributed by atoms with Crippen LogP contribution in [0.4, 0.5) is 5.69 Å². The molecule has 0 saturated carbocycles. The van der Waals surface area contributed by atoms with Gasteiger partial charge in [-0.3, -0.25) is 4.99 Å². The largest absolute Gasteiger partial charge is 0.335 e. The number of aryl methyl sites for hydroxylation is 1. The number of unbranched alkanes of at least 4 members (excludes halogenated alkanes) is 3. The maximum absolute atomic E-state index is 4.42. The number of rotatable bonds is 6. The van der Waals surface area contributed by atoms with Gasteiger partial charge in [-0.2, -0.15) is 0 Å². The van der Waals surface area contributed by atoms with Crippen molar-refractivity contribution in [3.63, 3.8) is 0 Å². The minimum atomic E-state index is 0.948. The van der Waals surface area contributed by atoms with Crippen LogP contribution in [-0.2, 0) is 6.42 Å². The van der Waals surface area contributed by atoms with Gasteiger partial charge in [0.25, 0.3) is 0 Å². The molecular formula is C15H22N2S. The minimum Gasteiger partial charge on any atom is -0.335 e. The number of amidine groups is 1. The number of hydrogen-bond donors (Lipinski definition) is 1. The number of nitrogens with zero attached hydrogens (tertiary/aromatic N) is 1. The number of aliphatic imine (C=N–C) groups is 1. The SMILES string of the molecule is CCCCCCc1cccc(NC2=NCCS2)c1. The Morgan fingerprint density at radius 3 is 3.00 bits per heavy atom. The first-order valence-corrected chi connectivity index (χ1v) is 7.90. The van der Waals surface area contributed by atoms with Gasteiger partial charge in [0.05, 0.1) is 6.54 Å². The van der Waals surface area contributed by atoms with E-state index in [2.05, 4.69) is 41.5 Å². The second kappa shape index (κ2) is 7.47. The van der Waals surface area contributed by atoms with Crippen molar-refractivity contribution < 1.29 is 0 Å². The van der Waals surface area contributed by atoms with Crippen LogP contribution in [0.25, 0.3) is 0 Å². The van der Waals surface area contributed by atoms with Crippen LogP contribution in [0.5, 0.6) is 0 Å². The molecule has 1 aromatic carbocycles. The molecule has 0 amide bonds. The van der Waals surface area contributed by atoms with Crippen molar-refractivity contribution >= 4 is 22.6 Å². The number of thioether (sulfide) groups is 1. The van der Waals surface area contributed by atoms with E-state index in [1.807, 2.05) is 0 Å². The summed E-state index contributed by atoms with van der Waals surface area (Å²) in [5.41, 5.74) is 2.61. The highest BCUT2D eigenvalue weighted by atomic mass is 32.2. The zero-order chi connectivity index (χ0) is 12.6. The Hall–Kier alpha value is -0.960. The molecule has 18 heavy (non-hydrogen) atoms. The summed E-state index contributed by atoms with van der Waals surface area (Å²) >= 11 is 1.81. The van der Waals surface area contributed by atoms with Crippen molar-refractivity contribution in [2.75, 3.05) is 17.6 Å². The van der Waals surface area contributed by atoms with Gasteiger partial charge in [0, 0.05) is 11.4 Å². The Morgan fingerprint density at radius 1 is 1.28 bits per heavy atom. The first kappa shape index (κ1) is 13.5. The van der Waals surface area contributed by atoms with Crippen LogP contribution in [0, 0.1) is 0 Å². The molecule has 0 unspecified atom stereocenters. The second-order valence-corrected chi connectivity index (χ2v) is 5.75. The van der Waals surface area contributed by atoms with Crippen LogP contribution in [-0.4, -0.2) is 17.5 Å². The molecular weight excluding hydrogens is 240 g/mol. The summed E-state index contributed by atoms with van der Waals surface area (Å²) in [5.74, 6) is 1.11. The summed E-state index contributed by atoms with van der Waals surface area (Å²) in [6.07, 6.45) is 6.49. The van der Waals surface area contributed by atoms with Crippen LogP contribution in [0.1, 0.15) is 38.2 Å². The number of nitrogens with one attached hydrogen (secondary N) is 1. The molecule has 1 heterocycles. The summed E-state index contributed by atoms with van der Waals surface area (Å²) in [6, 6.07) is 8.74. The second-order valence-electron chi connectivity index (χ2n) is 4.67. The molecule has 2 nitrogen and oxygen atoms in total. The lowest BCUT2D eigenvalue weighted by Gasteiger charge is -2.07. The quantitative estimate of drug-likeness (QED) is 0.772. The molecule has 0 spiro atoms. The molecule has 0 radical (unpaired) electrons. The van der Waals surface area contributed by atoms with Crippen molar-refractivity contribution in [1.82, 2.24) is 0 Å². The van der Waals surface area contributed by atoms with Crippen molar-refractivity contribution in [2.45, 2.75) is 39.0 Å². The third kappa shape index (κ3) is 4.37. The Morgan fingerprint density at radius 2 is 2.22 bits per heavy atom. The zero-order valence-electron chi connectivity index (χ0n) is 11.1. The Kier molecular flexibility index (Phi) is 5.59. The van der Waals surface area contributed by atoms with E-state index in [9.17, 15) is 0 Å². The molecule has 1 aliphatic rings. The summed E-state index contributed by atoms with van der Waals surface area (Å²) in [4.78, 5) is 4.42. The van der Waals surface area contributed by atoms with Gasteiger partial charge < -0.3 is 5.32 Å². The molecule has 1 aliphatic heterocycles. The van der Waals surface area contributed by atoms with Crippen molar-refractivity contribution in [2.24, 2.45) is 4.99 Å². The fraction of sp³-hybridized carbons (Fsp3) is 0.533. The molecule has 1 N–H and O–H groups in total. The van der Waals surface area contributed by atoms with Gasteiger partial charge in [-0.15, -0.1) is 0 Å². The van der Waals surface area contributed by atoms with Crippen LogP contribution >= 0.6 is 11.8 Å². The first-order chi connectivity index (χ1) is 8.88. The lowest BCUT2D eigenvalue weighted by molar-refractivity contribution is 0.667. The Bertz CT molecular complexity index is 401. The van der Waals surface area contributed by atoms with E-state index >= 15 is 0 Å². The highest BCUT2D eigenvalue weighted by molar-refractivity contribution is 8.14. The smallest absolute Gasteiger partial charge is 0.161 e. The van der Waals surface area contributed by atoms with Gasteiger partial charge in [-0.1, -0.05) is 50.1 Å². The number of benzene rings is 1. The summed E-state index contributed by atoms with van der Waals surface area (Å²) in [6.45, 7) is 3.20. The maximum atomic E-state index is 4.42. The van der Waals surface area contributed by atoms with E-state index in [0.29, 0.717) is 0 Å². The third-order valence-electron chi connectivity index (χ3n) is 3.08. The van der Waals surface area contributed by atoms with Crippen molar-refractivity contribution in [3.05, 3.63) is 29.8 Å². The first-order valence-electron chi connectivity index (χ1n) is 6.91. The van der Waals surface area contributed by atoms with E-state index in [-0.39, 0.29) is 0 Å². The van der Waals surface area contributed by atoms with Crippen LogP contribution < -0.4 is 5.32 Å². The average Bonchev–Trinajstić information content (AvgIpc) is 2.88. The van der Waals surface area contributed by atoms with E-state index in [1.165, 1.54) is 43.4 Å². The lowest BCUT2D eigenvalue weighted by atomic mass is 10.1. The van der Waals surface area contributed by atoms with Crippen LogP contribution in [0.15, 0.2) is 29.3 Å². The predicted molar refractivity (Wildman–Crippen MR) is 82.7 cm³/mol. The Labute approximate surface area is 114 Å². The number of hydrogen-bond acceptors (Lipinski definition) is 3. The van der Waals surface area contributed by atoms with Crippen molar-refractivity contribution in [3.8, 4) is 0 Å². The van der Waals surface area contributed by atoms with Gasteiger partial charge in [0.15, 0.2) is 5.17 Å². The van der Waals surface area contributed by atoms with E-state index in [4.69, 9.17) is 0 Å². The molecule has 0 fully saturated rings. The fourth-order valence-corrected chi connectivity index (χ4v) is 2.84. The summed E-state index contributed by atoms with van der Waals surface area (Å²) < 4.78 is 0. The monoisotopic (exact) mass is 262 g/mol. The molecule has 0 aromatic heterocycles. The standard InChI is InChI=1S/C15H22N2S/c1-2-3-4-5-7-13-8-6-9-14(12-13)17-15-16-10-11-18-15/h6,8-9,12H,2-5,7,10-11H2,1H3,(H,16,17). The van der Waals surface area contributed by atoms with Gasteiger partial charge in [0.2, 0.25) is 0 Å². The fourth-order valence-electron chi connectivity index (χ4n) is 2.09. The molecule has 1 aromatic rings. The van der Waals surface area contributed by atoms with E-state index < -0.39 is 0 Å². The highest BCUT2D eigenvalue weighted by Crippen LogP contribution is 2.18. The molecule has 0 aliphatic carbocycles. The van der Waals surface area contributed by atoms with Crippen LogP contribution in [0.3, 0.4) is 0 Å². The van der Waals surface area contributed by atoms with Crippen molar-refractivity contribution in [1.29, 1.82) is 0 Å². The number of anilines is 1. The highest BCUT2D eigenvalue weighted by Gasteiger charge is 2.06. The van der Waals surface area contributed by atoms with Gasteiger partial charge >= 0.3 is 0 Å². The normalized spacial score (nSPS) is 14.6. The maximum Gasteiger partial charge on any atom is 0.161 e. The van der Waals surface area contributed by atoms with Crippen LogP contribution in [0.2, 0.25) is 0 Å². The molecule has 3 heteroatoms. The molecule has 2 rings (SSSR count). The van der Waals surface area contributed by atoms with Gasteiger partial charge in [-0.05, 0) is 30.5 Å². The summed E-state index contributed by atoms with van der Waals surface area (Å²) in [5, 5.41) is 4.46. The van der Waals surface area contributed by atoms with Gasteiger partial charge in [-0.25, -0.2) is 0 Å². The topological polar surface area (TPSA) is 24.4 Å². The molecule has 0 atom stereocenters. The molecule has 0 saturated heterocycles. The third-order valence-corrected chi connectivity index (χ3v) is 3.97.